The van der Waals surface area contributed by atoms with Crippen LogP contribution in [0.25, 0.3) is 6.08 Å². The number of sulfone groups is 1. The van der Waals surface area contributed by atoms with Gasteiger partial charge in [-0.05, 0) is 25.1 Å². The number of hydrogen-bond acceptors (Lipinski definition) is 9. The Bertz CT molecular complexity index is 1090. The fraction of sp³-hybridized carbons (Fsp3) is 0.312. The topological polar surface area (TPSA) is 203 Å². The zero-order valence-corrected chi connectivity index (χ0v) is 18.7. The van der Waals surface area contributed by atoms with Gasteiger partial charge in [-0.1, -0.05) is 0 Å². The number of nitrogens with two attached hydrogens (primary N) is 2. The Kier molecular flexibility index (Phi) is 6.33. The van der Waals surface area contributed by atoms with Crippen molar-refractivity contribution in [3.8, 4) is 0 Å². The number of fused-ring (bicyclic) bond motifs is 1. The van der Waals surface area contributed by atoms with E-state index in [0.29, 0.717) is 4.90 Å². The summed E-state index contributed by atoms with van der Waals surface area (Å²) in [5.41, 5.74) is 9.94. The van der Waals surface area contributed by atoms with E-state index in [0.717, 1.165) is 13.0 Å². The number of aliphatic carboxylic acids is 1. The molecule has 2 aliphatic rings. The van der Waals surface area contributed by atoms with E-state index in [-0.39, 0.29) is 46.4 Å². The molecule has 4 N–H and O–H groups in total. The Hall–Kier alpha value is -2.48. The molecule has 2 aliphatic heterocycles. The molecule has 1 aromatic heterocycles. The van der Waals surface area contributed by atoms with Gasteiger partial charge in [0, 0.05) is 11.8 Å². The minimum Gasteiger partial charge on any atom is -0.548 e. The van der Waals surface area contributed by atoms with E-state index in [1.807, 2.05) is 0 Å². The molecule has 0 unspecified atom stereocenters. The van der Waals surface area contributed by atoms with Crippen LogP contribution in [0.2, 0.25) is 0 Å². The monoisotopic (exact) mass is 446 g/mol. The van der Waals surface area contributed by atoms with Crippen LogP contribution in [0, 0.1) is 0 Å². The van der Waals surface area contributed by atoms with Crippen molar-refractivity contribution in [1.82, 2.24) is 9.88 Å². The molecule has 0 aliphatic carbocycles. The number of primary amides is 2. The van der Waals surface area contributed by atoms with Crippen molar-refractivity contribution in [1.29, 1.82) is 0 Å². The van der Waals surface area contributed by atoms with Crippen LogP contribution in [0.15, 0.2) is 23.9 Å². The predicted octanol–water partition coefficient (Wildman–Crippen LogP) is -5.86. The summed E-state index contributed by atoms with van der Waals surface area (Å²) in [7, 11) is -4.38. The van der Waals surface area contributed by atoms with Crippen LogP contribution in [-0.4, -0.2) is 64.9 Å². The minimum absolute atomic E-state index is 0. The van der Waals surface area contributed by atoms with E-state index in [1.54, 1.807) is 0 Å². The number of nitrogens with zero attached hydrogens (tertiary/aromatic N) is 2. The Morgan fingerprint density at radius 2 is 2.00 bits per heavy atom. The number of rotatable bonds is 5. The maximum Gasteiger partial charge on any atom is 1.00 e. The quantitative estimate of drug-likeness (QED) is 0.251. The van der Waals surface area contributed by atoms with E-state index in [2.05, 4.69) is 9.72 Å². The van der Waals surface area contributed by atoms with Crippen LogP contribution in [-0.2, 0) is 24.2 Å². The number of amides is 3. The Labute approximate surface area is 192 Å². The summed E-state index contributed by atoms with van der Waals surface area (Å²) in [6, 6.07) is 0.681. The zero-order valence-electron chi connectivity index (χ0n) is 15.9. The molecule has 0 bridgehead atoms. The van der Waals surface area contributed by atoms with Crippen molar-refractivity contribution in [2.45, 2.75) is 23.1 Å². The van der Waals surface area contributed by atoms with E-state index < -0.39 is 56.5 Å². The second-order valence-electron chi connectivity index (χ2n) is 6.69. The molecule has 14 heteroatoms. The minimum atomic E-state index is -4.38. The number of carbonyl (C=O) groups excluding carboxylic acids is 4. The standard InChI is InChI=1S/C16H16N4O8S.Na/c1-16(6-28-15(18)25)10(14(23)24)20-12(22)9(13(20)29(16,26)27)5-8-4-7(11(17)21)2-3-19-8;/h2-5,10,13H,6H2,1H3,(H2,17,21)(H2,18,25)(H,23,24);/q;+1/p-1/b9-5-;/t10-,13+,16-;/m0./s1. The molecule has 3 heterocycles. The summed E-state index contributed by atoms with van der Waals surface area (Å²) in [4.78, 5) is 51.0. The average molecular weight is 446 g/mol. The number of pyridine rings is 1. The van der Waals surface area contributed by atoms with Crippen LogP contribution in [0.3, 0.4) is 0 Å². The SMILES string of the molecule is C[C@]1(COC(N)=O)[C@H](C(=O)[O-])N2C(=O)/C(=C/c3cc(C(N)=O)ccn3)[C@H]2S1(=O)=O.[Na+]. The number of carboxylic acid groups (broad SMARTS) is 1. The first-order valence-corrected chi connectivity index (χ1v) is 9.63. The van der Waals surface area contributed by atoms with Gasteiger partial charge in [-0.15, -0.1) is 0 Å². The third kappa shape index (κ3) is 3.47. The Balaban J connectivity index is 0.00000320. The van der Waals surface area contributed by atoms with Crippen LogP contribution >= 0.6 is 0 Å². The number of carboxylic acids is 1. The van der Waals surface area contributed by atoms with Crippen molar-refractivity contribution < 1.29 is 67.0 Å². The van der Waals surface area contributed by atoms with E-state index in [9.17, 15) is 32.7 Å². The van der Waals surface area contributed by atoms with Gasteiger partial charge >= 0.3 is 35.7 Å². The molecular weight excluding hydrogens is 431 g/mol. The van der Waals surface area contributed by atoms with Crippen molar-refractivity contribution in [3.63, 3.8) is 0 Å². The van der Waals surface area contributed by atoms with Gasteiger partial charge in [0.05, 0.1) is 23.3 Å². The molecule has 0 aromatic carbocycles. The van der Waals surface area contributed by atoms with Gasteiger partial charge in [0.15, 0.2) is 15.2 Å². The van der Waals surface area contributed by atoms with Crippen molar-refractivity contribution in [2.24, 2.45) is 11.5 Å². The molecule has 0 spiro atoms. The maximum atomic E-state index is 13.1. The van der Waals surface area contributed by atoms with Gasteiger partial charge in [0.25, 0.3) is 5.91 Å². The first-order valence-electron chi connectivity index (χ1n) is 8.08. The molecule has 0 radical (unpaired) electrons. The molecule has 12 nitrogen and oxygen atoms in total. The summed E-state index contributed by atoms with van der Waals surface area (Å²) in [5, 5.41) is 10.0. The Morgan fingerprint density at radius 3 is 2.53 bits per heavy atom. The molecule has 0 saturated carbocycles. The normalized spacial score (nSPS) is 27.6. The van der Waals surface area contributed by atoms with Gasteiger partial charge in [-0.3, -0.25) is 14.6 Å². The summed E-state index contributed by atoms with van der Waals surface area (Å²) < 4.78 is 28.5. The van der Waals surface area contributed by atoms with E-state index in [1.165, 1.54) is 18.3 Å². The largest absolute Gasteiger partial charge is 1.00 e. The second kappa shape index (κ2) is 7.98. The van der Waals surface area contributed by atoms with Gasteiger partial charge in [0.2, 0.25) is 5.91 Å². The summed E-state index contributed by atoms with van der Waals surface area (Å²) in [6.45, 7) is 0.146. The molecule has 1 aromatic rings. The smallest absolute Gasteiger partial charge is 0.548 e. The van der Waals surface area contributed by atoms with Crippen molar-refractivity contribution in [2.75, 3.05) is 6.61 Å². The molecule has 3 atom stereocenters. The molecule has 2 fully saturated rings. The number of aromatic nitrogens is 1. The fourth-order valence-electron chi connectivity index (χ4n) is 3.43. The van der Waals surface area contributed by atoms with Crippen molar-refractivity contribution in [3.05, 3.63) is 35.2 Å². The van der Waals surface area contributed by atoms with Crippen LogP contribution < -0.4 is 46.1 Å². The van der Waals surface area contributed by atoms with Gasteiger partial charge in [-0.25, -0.2) is 13.2 Å². The molecule has 3 rings (SSSR count). The second-order valence-corrected chi connectivity index (χ2v) is 9.15. The number of ether oxygens (including phenoxy) is 1. The van der Waals surface area contributed by atoms with Crippen LogP contribution in [0.4, 0.5) is 4.79 Å². The number of hydrogen-bond donors (Lipinski definition) is 2. The third-order valence-electron chi connectivity index (χ3n) is 4.89. The van der Waals surface area contributed by atoms with Gasteiger partial charge in [0.1, 0.15) is 11.4 Å². The van der Waals surface area contributed by atoms with Crippen molar-refractivity contribution >= 4 is 39.8 Å². The predicted molar refractivity (Wildman–Crippen MR) is 93.0 cm³/mol. The summed E-state index contributed by atoms with van der Waals surface area (Å²) in [6.07, 6.45) is 1.06. The molecular formula is C16H15N4NaO8S. The number of β-lactam (4-membered cyclic amide) rings is 1. The van der Waals surface area contributed by atoms with Gasteiger partial charge in [-0.2, -0.15) is 0 Å². The van der Waals surface area contributed by atoms with Gasteiger partial charge < -0.3 is 31.0 Å². The Morgan fingerprint density at radius 1 is 1.37 bits per heavy atom. The average Bonchev–Trinajstić information content (AvgIpc) is 2.80. The maximum absolute atomic E-state index is 13.1. The zero-order chi connectivity index (χ0) is 21.7. The van der Waals surface area contributed by atoms with Crippen LogP contribution in [0.5, 0.6) is 0 Å². The first kappa shape index (κ1) is 23.8. The number of carbonyl (C=O) groups is 4. The van der Waals surface area contributed by atoms with Crippen LogP contribution in [0.1, 0.15) is 23.0 Å². The first-order chi connectivity index (χ1) is 13.4. The summed E-state index contributed by atoms with van der Waals surface area (Å²) >= 11 is 0. The van der Waals surface area contributed by atoms with E-state index in [4.69, 9.17) is 11.5 Å². The molecule has 30 heavy (non-hydrogen) atoms. The van der Waals surface area contributed by atoms with E-state index >= 15 is 0 Å². The molecule has 154 valence electrons. The summed E-state index contributed by atoms with van der Waals surface area (Å²) in [5.74, 6) is -3.45. The molecule has 3 amide bonds. The molecule has 2 saturated heterocycles. The fourth-order valence-corrected chi connectivity index (χ4v) is 5.70. The third-order valence-corrected chi connectivity index (χ3v) is 7.60.